The molecule has 1 saturated carbocycles. The molecule has 7 nitrogen and oxygen atoms in total. The van der Waals surface area contributed by atoms with E-state index in [2.05, 4.69) is 10.4 Å². The molecule has 138 valence electrons. The lowest BCUT2D eigenvalue weighted by molar-refractivity contribution is -0.139. The highest BCUT2D eigenvalue weighted by Crippen LogP contribution is 2.28. The van der Waals surface area contributed by atoms with Gasteiger partial charge in [0.15, 0.2) is 6.61 Å². The molecule has 2 aromatic rings. The molecule has 1 fully saturated rings. The third-order valence-electron chi connectivity index (χ3n) is 4.63. The minimum atomic E-state index is -1.02. The molecule has 0 spiro atoms. The maximum absolute atomic E-state index is 12.4. The first kappa shape index (κ1) is 18.0. The number of hydrogen-bond acceptors (Lipinski definition) is 4. The summed E-state index contributed by atoms with van der Waals surface area (Å²) in [6.07, 6.45) is 6.56. The van der Waals surface area contributed by atoms with Crippen LogP contribution in [0.3, 0.4) is 0 Å². The highest BCUT2D eigenvalue weighted by atomic mass is 16.5. The molecule has 1 aliphatic carbocycles. The predicted molar refractivity (Wildman–Crippen MR) is 95.2 cm³/mol. The molecule has 3 rings (SSSR count). The topological polar surface area (TPSA) is 93.5 Å². The number of carbonyl (C=O) groups excluding carboxylic acids is 1. The van der Waals surface area contributed by atoms with Crippen molar-refractivity contribution >= 4 is 11.9 Å². The number of carboxylic acids is 1. The Balaban J connectivity index is 1.57. The van der Waals surface area contributed by atoms with Crippen LogP contribution in [0.1, 0.15) is 60.7 Å². The van der Waals surface area contributed by atoms with Crippen LogP contribution in [0.2, 0.25) is 0 Å². The molecule has 0 radical (unpaired) electrons. The number of ether oxygens (including phenoxy) is 1. The number of carbonyl (C=O) groups is 2. The molecule has 2 N–H and O–H groups in total. The van der Waals surface area contributed by atoms with Crippen molar-refractivity contribution in [1.82, 2.24) is 15.1 Å². The second-order valence-electron chi connectivity index (χ2n) is 6.57. The summed E-state index contributed by atoms with van der Waals surface area (Å²) in [6.45, 7) is 1.51. The number of rotatable bonds is 7. The Morgan fingerprint density at radius 1 is 1.27 bits per heavy atom. The van der Waals surface area contributed by atoms with Crippen LogP contribution in [0, 0.1) is 0 Å². The Hall–Kier alpha value is -2.83. The van der Waals surface area contributed by atoms with Gasteiger partial charge in [0.25, 0.3) is 5.91 Å². The van der Waals surface area contributed by atoms with E-state index < -0.39 is 5.97 Å². The van der Waals surface area contributed by atoms with E-state index in [1.807, 2.05) is 17.8 Å². The summed E-state index contributed by atoms with van der Waals surface area (Å²) < 4.78 is 7.01. The summed E-state index contributed by atoms with van der Waals surface area (Å²) in [5, 5.41) is 16.0. The number of hydrogen-bond donors (Lipinski definition) is 2. The van der Waals surface area contributed by atoms with Gasteiger partial charge in [0, 0.05) is 6.20 Å². The lowest BCUT2D eigenvalue weighted by Crippen LogP contribution is -2.27. The Labute approximate surface area is 152 Å². The molecule has 26 heavy (non-hydrogen) atoms. The van der Waals surface area contributed by atoms with Crippen LogP contribution in [0.5, 0.6) is 5.75 Å². The molecule has 1 aromatic carbocycles. The fraction of sp³-hybridized carbons (Fsp3) is 0.421. The van der Waals surface area contributed by atoms with Crippen LogP contribution in [-0.4, -0.2) is 33.4 Å². The van der Waals surface area contributed by atoms with Crippen LogP contribution in [0.4, 0.5) is 0 Å². The second-order valence-corrected chi connectivity index (χ2v) is 6.57. The van der Waals surface area contributed by atoms with Gasteiger partial charge in [-0.05, 0) is 43.5 Å². The summed E-state index contributed by atoms with van der Waals surface area (Å²) in [5.41, 5.74) is 1.32. The molecular weight excluding hydrogens is 334 g/mol. The summed E-state index contributed by atoms with van der Waals surface area (Å²) in [5.74, 6) is -0.753. The van der Waals surface area contributed by atoms with Gasteiger partial charge in [0.1, 0.15) is 11.4 Å². The largest absolute Gasteiger partial charge is 0.482 e. The van der Waals surface area contributed by atoms with E-state index in [9.17, 15) is 9.59 Å². The van der Waals surface area contributed by atoms with Crippen LogP contribution >= 0.6 is 0 Å². The number of aromatic nitrogens is 2. The van der Waals surface area contributed by atoms with Crippen LogP contribution in [-0.2, 0) is 4.79 Å². The zero-order valence-electron chi connectivity index (χ0n) is 14.7. The van der Waals surface area contributed by atoms with Gasteiger partial charge in [-0.15, -0.1) is 0 Å². The predicted octanol–water partition coefficient (Wildman–Crippen LogP) is 2.95. The van der Waals surface area contributed by atoms with E-state index in [1.54, 1.807) is 30.3 Å². The first-order valence-corrected chi connectivity index (χ1v) is 8.83. The number of nitrogens with one attached hydrogen (secondary N) is 1. The van der Waals surface area contributed by atoms with E-state index >= 15 is 0 Å². The highest BCUT2D eigenvalue weighted by Gasteiger charge is 2.20. The zero-order valence-corrected chi connectivity index (χ0v) is 14.7. The number of aliphatic carboxylic acids is 1. The average molecular weight is 357 g/mol. The van der Waals surface area contributed by atoms with Crippen molar-refractivity contribution in [1.29, 1.82) is 0 Å². The lowest BCUT2D eigenvalue weighted by Gasteiger charge is -2.14. The first-order chi connectivity index (χ1) is 12.5. The van der Waals surface area contributed by atoms with Crippen molar-refractivity contribution in [2.45, 2.75) is 44.7 Å². The Morgan fingerprint density at radius 2 is 1.96 bits per heavy atom. The van der Waals surface area contributed by atoms with Crippen molar-refractivity contribution in [2.24, 2.45) is 0 Å². The number of amides is 1. The van der Waals surface area contributed by atoms with Gasteiger partial charge in [-0.2, -0.15) is 5.10 Å². The van der Waals surface area contributed by atoms with Crippen molar-refractivity contribution in [3.63, 3.8) is 0 Å². The highest BCUT2D eigenvalue weighted by molar-refractivity contribution is 5.92. The molecular formula is C19H23N3O4. The monoisotopic (exact) mass is 357 g/mol. The molecule has 7 heteroatoms. The fourth-order valence-corrected chi connectivity index (χ4v) is 3.18. The van der Waals surface area contributed by atoms with Gasteiger partial charge < -0.3 is 15.2 Å². The molecule has 0 bridgehead atoms. The quantitative estimate of drug-likeness (QED) is 0.795. The number of benzene rings is 1. The molecule has 1 amide bonds. The van der Waals surface area contributed by atoms with Crippen molar-refractivity contribution in [2.75, 3.05) is 6.61 Å². The molecule has 1 unspecified atom stereocenters. The minimum absolute atomic E-state index is 0.201. The molecule has 0 saturated heterocycles. The van der Waals surface area contributed by atoms with Gasteiger partial charge in [-0.25, -0.2) is 4.79 Å². The van der Waals surface area contributed by atoms with Crippen LogP contribution in [0.15, 0.2) is 36.5 Å². The van der Waals surface area contributed by atoms with Crippen molar-refractivity contribution in [3.8, 4) is 5.75 Å². The number of carboxylic acid groups (broad SMARTS) is 1. The smallest absolute Gasteiger partial charge is 0.341 e. The molecule has 1 aliphatic rings. The standard InChI is InChI=1S/C19H23N3O4/c1-13(14-6-8-16(9-7-14)26-12-18(23)24)20-19(25)17-10-11-22(21-17)15-4-2-3-5-15/h6-11,13,15H,2-5,12H2,1H3,(H,20,25)(H,23,24). The Morgan fingerprint density at radius 3 is 2.62 bits per heavy atom. The molecule has 1 atom stereocenters. The summed E-state index contributed by atoms with van der Waals surface area (Å²) in [7, 11) is 0. The van der Waals surface area contributed by atoms with Gasteiger partial charge in [0.2, 0.25) is 0 Å². The van der Waals surface area contributed by atoms with Crippen LogP contribution < -0.4 is 10.1 Å². The zero-order chi connectivity index (χ0) is 18.5. The van der Waals surface area contributed by atoms with E-state index in [-0.39, 0.29) is 18.6 Å². The van der Waals surface area contributed by atoms with E-state index in [0.29, 0.717) is 17.5 Å². The van der Waals surface area contributed by atoms with Crippen molar-refractivity contribution < 1.29 is 19.4 Å². The van der Waals surface area contributed by atoms with Crippen molar-refractivity contribution in [3.05, 3.63) is 47.8 Å². The summed E-state index contributed by atoms with van der Waals surface area (Å²) in [4.78, 5) is 22.9. The average Bonchev–Trinajstić information content (AvgIpc) is 3.31. The summed E-state index contributed by atoms with van der Waals surface area (Å²) >= 11 is 0. The van der Waals surface area contributed by atoms with E-state index in [4.69, 9.17) is 9.84 Å². The van der Waals surface area contributed by atoms with Crippen LogP contribution in [0.25, 0.3) is 0 Å². The Kier molecular flexibility index (Phi) is 5.55. The van der Waals surface area contributed by atoms with E-state index in [1.165, 1.54) is 12.8 Å². The molecule has 1 heterocycles. The van der Waals surface area contributed by atoms with Gasteiger partial charge in [-0.1, -0.05) is 25.0 Å². The molecule has 0 aliphatic heterocycles. The van der Waals surface area contributed by atoms with Gasteiger partial charge in [-0.3, -0.25) is 9.48 Å². The van der Waals surface area contributed by atoms with E-state index in [0.717, 1.165) is 18.4 Å². The third-order valence-corrected chi connectivity index (χ3v) is 4.63. The second kappa shape index (κ2) is 8.03. The normalized spacial score (nSPS) is 15.6. The fourth-order valence-electron chi connectivity index (χ4n) is 3.18. The Bertz CT molecular complexity index is 763. The third kappa shape index (κ3) is 4.41. The number of nitrogens with zero attached hydrogens (tertiary/aromatic N) is 2. The maximum Gasteiger partial charge on any atom is 0.341 e. The summed E-state index contributed by atoms with van der Waals surface area (Å²) in [6, 6.07) is 8.95. The van der Waals surface area contributed by atoms with Gasteiger partial charge >= 0.3 is 5.97 Å². The maximum atomic E-state index is 12.4. The SMILES string of the molecule is CC(NC(=O)c1ccn(C2CCCC2)n1)c1ccc(OCC(=O)O)cc1. The van der Waals surface area contributed by atoms with Gasteiger partial charge in [0.05, 0.1) is 12.1 Å². The lowest BCUT2D eigenvalue weighted by atomic mass is 10.1. The molecule has 1 aromatic heterocycles. The first-order valence-electron chi connectivity index (χ1n) is 8.83. The minimum Gasteiger partial charge on any atom is -0.482 e.